The van der Waals surface area contributed by atoms with Crippen LogP contribution in [-0.4, -0.2) is 53.7 Å². The van der Waals surface area contributed by atoms with Crippen LogP contribution >= 0.6 is 0 Å². The average molecular weight is 269 g/mol. The van der Waals surface area contributed by atoms with Crippen molar-refractivity contribution >= 4 is 12.0 Å². The molecule has 0 aromatic rings. The summed E-state index contributed by atoms with van der Waals surface area (Å²) in [4.78, 5) is 25.3. The van der Waals surface area contributed by atoms with Crippen molar-refractivity contribution in [3.63, 3.8) is 0 Å². The van der Waals surface area contributed by atoms with Crippen molar-refractivity contribution in [2.24, 2.45) is 11.8 Å². The lowest BCUT2D eigenvalue weighted by Crippen LogP contribution is -2.60. The molecule has 6 nitrogen and oxygen atoms in total. The lowest BCUT2D eigenvalue weighted by molar-refractivity contribution is -0.140. The summed E-state index contributed by atoms with van der Waals surface area (Å²) < 4.78 is 0. The predicted molar refractivity (Wildman–Crippen MR) is 70.9 cm³/mol. The third kappa shape index (κ3) is 3.37. The van der Waals surface area contributed by atoms with Crippen molar-refractivity contribution in [3.8, 4) is 0 Å². The zero-order chi connectivity index (χ0) is 14.0. The van der Waals surface area contributed by atoms with Crippen LogP contribution in [0, 0.1) is 11.8 Å². The van der Waals surface area contributed by atoms with Crippen LogP contribution in [-0.2, 0) is 4.79 Å². The van der Waals surface area contributed by atoms with Gasteiger partial charge in [-0.25, -0.2) is 9.59 Å². The zero-order valence-corrected chi connectivity index (χ0v) is 11.6. The normalized spacial score (nSPS) is 31.0. The molecule has 3 saturated heterocycles. The summed E-state index contributed by atoms with van der Waals surface area (Å²) in [6.07, 6.45) is 2.25. The minimum Gasteiger partial charge on any atom is -0.480 e. The molecule has 0 radical (unpaired) electrons. The van der Waals surface area contributed by atoms with Crippen molar-refractivity contribution in [2.45, 2.75) is 38.8 Å². The van der Waals surface area contributed by atoms with Crippen LogP contribution in [0.25, 0.3) is 0 Å². The number of aliphatic carboxylic acids is 1. The van der Waals surface area contributed by atoms with Crippen molar-refractivity contribution in [3.05, 3.63) is 0 Å². The predicted octanol–water partition coefficient (Wildman–Crippen LogP) is 0.489. The number of hydrogen-bond donors (Lipinski definition) is 3. The number of piperidine rings is 3. The van der Waals surface area contributed by atoms with Gasteiger partial charge in [0.15, 0.2) is 0 Å². The lowest BCUT2D eigenvalue weighted by Gasteiger charge is -2.44. The second-order valence-electron chi connectivity index (χ2n) is 5.92. The number of nitrogens with zero attached hydrogens (tertiary/aromatic N) is 1. The number of fused-ring (bicyclic) bond motifs is 3. The van der Waals surface area contributed by atoms with Gasteiger partial charge in [0.25, 0.3) is 0 Å². The maximum Gasteiger partial charge on any atom is 0.326 e. The van der Waals surface area contributed by atoms with E-state index < -0.39 is 12.0 Å². The van der Waals surface area contributed by atoms with Crippen LogP contribution in [0.3, 0.4) is 0 Å². The molecule has 19 heavy (non-hydrogen) atoms. The van der Waals surface area contributed by atoms with E-state index >= 15 is 0 Å². The van der Waals surface area contributed by atoms with Crippen LogP contribution in [0.2, 0.25) is 0 Å². The number of carboxylic acids is 1. The van der Waals surface area contributed by atoms with Gasteiger partial charge in [-0.2, -0.15) is 0 Å². The van der Waals surface area contributed by atoms with E-state index in [1.54, 1.807) is 13.8 Å². The first-order chi connectivity index (χ1) is 8.97. The van der Waals surface area contributed by atoms with E-state index in [9.17, 15) is 9.59 Å². The molecule has 0 saturated carbocycles. The summed E-state index contributed by atoms with van der Waals surface area (Å²) in [6.45, 7) is 6.70. The van der Waals surface area contributed by atoms with Crippen molar-refractivity contribution in [1.82, 2.24) is 15.5 Å². The highest BCUT2D eigenvalue weighted by Gasteiger charge is 2.35. The molecule has 2 atom stereocenters. The van der Waals surface area contributed by atoms with Gasteiger partial charge < -0.3 is 20.6 Å². The Morgan fingerprint density at radius 2 is 1.89 bits per heavy atom. The SMILES string of the molecule is CC(C)C(NC(=O)NC1CN2CCC1CC2)C(=O)O. The maximum absolute atomic E-state index is 11.9. The Bertz CT molecular complexity index is 351. The monoisotopic (exact) mass is 269 g/mol. The van der Waals surface area contributed by atoms with Crippen molar-refractivity contribution < 1.29 is 14.7 Å². The molecule has 0 spiro atoms. The highest BCUT2D eigenvalue weighted by Crippen LogP contribution is 2.27. The van der Waals surface area contributed by atoms with E-state index in [0.717, 1.165) is 32.5 Å². The van der Waals surface area contributed by atoms with Crippen LogP contribution in [0.15, 0.2) is 0 Å². The smallest absolute Gasteiger partial charge is 0.326 e. The number of amides is 2. The molecule has 2 amide bonds. The second-order valence-corrected chi connectivity index (χ2v) is 5.92. The molecule has 0 aromatic heterocycles. The van der Waals surface area contributed by atoms with Gasteiger partial charge in [-0.3, -0.25) is 0 Å². The fourth-order valence-electron chi connectivity index (χ4n) is 2.99. The minimum atomic E-state index is -0.987. The molecule has 3 aliphatic rings. The Balaban J connectivity index is 1.85. The Kier molecular flexibility index (Phi) is 4.29. The molecule has 3 N–H and O–H groups in total. The van der Waals surface area contributed by atoms with E-state index in [2.05, 4.69) is 15.5 Å². The number of rotatable bonds is 4. The summed E-state index contributed by atoms with van der Waals surface area (Å²) in [6, 6.07) is -1.04. The Labute approximate surface area is 113 Å². The summed E-state index contributed by atoms with van der Waals surface area (Å²) in [5, 5.41) is 14.5. The van der Waals surface area contributed by atoms with Gasteiger partial charge in [-0.05, 0) is 37.8 Å². The van der Waals surface area contributed by atoms with Gasteiger partial charge in [0.1, 0.15) is 6.04 Å². The first-order valence-electron chi connectivity index (χ1n) is 6.99. The molecular weight excluding hydrogens is 246 g/mol. The Morgan fingerprint density at radius 1 is 1.26 bits per heavy atom. The van der Waals surface area contributed by atoms with Gasteiger partial charge in [0.2, 0.25) is 0 Å². The Hall–Kier alpha value is -1.30. The van der Waals surface area contributed by atoms with E-state index in [-0.39, 0.29) is 18.0 Å². The van der Waals surface area contributed by atoms with Crippen LogP contribution < -0.4 is 10.6 Å². The highest BCUT2D eigenvalue weighted by molar-refractivity contribution is 5.82. The molecule has 0 aliphatic carbocycles. The topological polar surface area (TPSA) is 81.7 Å². The van der Waals surface area contributed by atoms with E-state index in [0.29, 0.717) is 5.92 Å². The number of nitrogens with one attached hydrogen (secondary N) is 2. The molecule has 108 valence electrons. The molecule has 3 rings (SSSR count). The van der Waals surface area contributed by atoms with Crippen LogP contribution in [0.4, 0.5) is 4.79 Å². The van der Waals surface area contributed by atoms with E-state index in [4.69, 9.17) is 5.11 Å². The number of carbonyl (C=O) groups is 2. The van der Waals surface area contributed by atoms with E-state index in [1.807, 2.05) is 0 Å². The second kappa shape index (κ2) is 5.77. The number of carbonyl (C=O) groups excluding carboxylic acids is 1. The van der Waals surface area contributed by atoms with Crippen LogP contribution in [0.1, 0.15) is 26.7 Å². The quantitative estimate of drug-likeness (QED) is 0.693. The number of carboxylic acid groups (broad SMARTS) is 1. The zero-order valence-electron chi connectivity index (χ0n) is 11.6. The van der Waals surface area contributed by atoms with Gasteiger partial charge in [0.05, 0.1) is 0 Å². The van der Waals surface area contributed by atoms with Gasteiger partial charge in [-0.15, -0.1) is 0 Å². The molecule has 3 aliphatic heterocycles. The molecule has 3 heterocycles. The summed E-state index contributed by atoms with van der Waals surface area (Å²) in [5.41, 5.74) is 0. The van der Waals surface area contributed by atoms with Crippen LogP contribution in [0.5, 0.6) is 0 Å². The largest absolute Gasteiger partial charge is 0.480 e. The third-order valence-electron chi connectivity index (χ3n) is 4.19. The fraction of sp³-hybridized carbons (Fsp3) is 0.846. The van der Waals surface area contributed by atoms with Gasteiger partial charge in [-0.1, -0.05) is 13.8 Å². The molecular formula is C13H23N3O3. The summed E-state index contributed by atoms with van der Waals surface area (Å²) in [5.74, 6) is -0.577. The average Bonchev–Trinajstić information content (AvgIpc) is 2.36. The van der Waals surface area contributed by atoms with Gasteiger partial charge in [0, 0.05) is 12.6 Å². The molecule has 6 heteroatoms. The molecule has 3 fully saturated rings. The van der Waals surface area contributed by atoms with Gasteiger partial charge >= 0.3 is 12.0 Å². The van der Waals surface area contributed by atoms with Crippen molar-refractivity contribution in [1.29, 1.82) is 0 Å². The fourth-order valence-corrected chi connectivity index (χ4v) is 2.99. The third-order valence-corrected chi connectivity index (χ3v) is 4.19. The van der Waals surface area contributed by atoms with Crippen molar-refractivity contribution in [2.75, 3.05) is 19.6 Å². The summed E-state index contributed by atoms with van der Waals surface area (Å²) in [7, 11) is 0. The molecule has 2 unspecified atom stereocenters. The lowest BCUT2D eigenvalue weighted by atomic mass is 9.84. The Morgan fingerprint density at radius 3 is 2.32 bits per heavy atom. The summed E-state index contributed by atoms with van der Waals surface area (Å²) >= 11 is 0. The highest BCUT2D eigenvalue weighted by atomic mass is 16.4. The van der Waals surface area contributed by atoms with E-state index in [1.165, 1.54) is 0 Å². The minimum absolute atomic E-state index is 0.130. The molecule has 0 aromatic carbocycles. The maximum atomic E-state index is 11.9. The molecule has 2 bridgehead atoms. The number of urea groups is 1. The number of hydrogen-bond acceptors (Lipinski definition) is 3. The standard InChI is InChI=1S/C13H23N3O3/c1-8(2)11(12(17)18)15-13(19)14-10-7-16-5-3-9(10)4-6-16/h8-11H,3-7H2,1-2H3,(H,17,18)(H2,14,15,19). The first kappa shape index (κ1) is 14.1. The first-order valence-corrected chi connectivity index (χ1v) is 6.99.